The highest BCUT2D eigenvalue weighted by Gasteiger charge is 2.39. The SMILES string of the molecule is CC(C)c1ncc2c(NC(=O)C(F)(F)F)ncc(C3CCC(NC(=O)OC(C)(C)C)CC3)n12. The van der Waals surface area contributed by atoms with Gasteiger partial charge in [0.2, 0.25) is 0 Å². The molecule has 2 amide bonds. The number of hydrogen-bond acceptors (Lipinski definition) is 5. The van der Waals surface area contributed by atoms with E-state index in [-0.39, 0.29) is 23.7 Å². The number of ether oxygens (including phenoxy) is 1. The Bertz CT molecular complexity index is 1020. The van der Waals surface area contributed by atoms with Crippen molar-refractivity contribution in [2.45, 2.75) is 90.0 Å². The average molecular weight is 470 g/mol. The Hall–Kier alpha value is -2.85. The number of carbonyl (C=O) groups excluding carboxylic acids is 2. The molecule has 3 rings (SSSR count). The second-order valence-corrected chi connectivity index (χ2v) is 9.67. The number of imidazole rings is 1. The molecule has 33 heavy (non-hydrogen) atoms. The van der Waals surface area contributed by atoms with Crippen LogP contribution in [0.1, 0.15) is 83.7 Å². The highest BCUT2D eigenvalue weighted by Crippen LogP contribution is 2.35. The van der Waals surface area contributed by atoms with Gasteiger partial charge in [-0.25, -0.2) is 14.8 Å². The number of carbonyl (C=O) groups is 2. The van der Waals surface area contributed by atoms with Crippen molar-refractivity contribution in [1.29, 1.82) is 0 Å². The van der Waals surface area contributed by atoms with Crippen molar-refractivity contribution in [3.63, 3.8) is 0 Å². The third kappa shape index (κ3) is 5.94. The predicted molar refractivity (Wildman–Crippen MR) is 116 cm³/mol. The normalized spacial score (nSPS) is 19.5. The molecule has 0 atom stereocenters. The monoisotopic (exact) mass is 469 g/mol. The maximum atomic E-state index is 12.8. The van der Waals surface area contributed by atoms with Gasteiger partial charge in [0, 0.05) is 29.8 Å². The Balaban J connectivity index is 1.81. The lowest BCUT2D eigenvalue weighted by atomic mass is 9.84. The number of rotatable bonds is 4. The van der Waals surface area contributed by atoms with Crippen LogP contribution >= 0.6 is 0 Å². The average Bonchev–Trinajstić information content (AvgIpc) is 3.12. The minimum absolute atomic E-state index is 0.00462. The Labute approximate surface area is 190 Å². The smallest absolute Gasteiger partial charge is 0.444 e. The largest absolute Gasteiger partial charge is 0.471 e. The molecular weight excluding hydrogens is 439 g/mol. The van der Waals surface area contributed by atoms with Gasteiger partial charge in [-0.3, -0.25) is 9.20 Å². The van der Waals surface area contributed by atoms with Gasteiger partial charge >= 0.3 is 18.2 Å². The number of nitrogens with zero attached hydrogens (tertiary/aromatic N) is 3. The number of hydrogen-bond donors (Lipinski definition) is 2. The van der Waals surface area contributed by atoms with Gasteiger partial charge in [-0.2, -0.15) is 13.2 Å². The Kier molecular flexibility index (Phi) is 6.90. The van der Waals surface area contributed by atoms with E-state index in [2.05, 4.69) is 15.3 Å². The number of amides is 2. The third-order valence-electron chi connectivity index (χ3n) is 5.49. The Morgan fingerprint density at radius 2 is 1.73 bits per heavy atom. The van der Waals surface area contributed by atoms with Crippen molar-refractivity contribution in [3.8, 4) is 0 Å². The summed E-state index contributed by atoms with van der Waals surface area (Å²) in [7, 11) is 0. The molecule has 0 saturated heterocycles. The van der Waals surface area contributed by atoms with Gasteiger partial charge < -0.3 is 15.4 Å². The van der Waals surface area contributed by atoms with E-state index in [1.165, 1.54) is 12.4 Å². The molecule has 0 bridgehead atoms. The first-order chi connectivity index (χ1) is 15.3. The van der Waals surface area contributed by atoms with Crippen molar-refractivity contribution in [1.82, 2.24) is 19.7 Å². The summed E-state index contributed by atoms with van der Waals surface area (Å²) in [6, 6.07) is -0.0164. The molecule has 1 aliphatic carbocycles. The van der Waals surface area contributed by atoms with E-state index in [4.69, 9.17) is 4.74 Å². The van der Waals surface area contributed by atoms with Crippen LogP contribution in [0.3, 0.4) is 0 Å². The van der Waals surface area contributed by atoms with Crippen LogP contribution in [0.25, 0.3) is 5.52 Å². The Morgan fingerprint density at radius 1 is 1.09 bits per heavy atom. The summed E-state index contributed by atoms with van der Waals surface area (Å²) in [4.78, 5) is 32.0. The first-order valence-corrected chi connectivity index (χ1v) is 11.0. The van der Waals surface area contributed by atoms with Crippen molar-refractivity contribution in [2.24, 2.45) is 0 Å². The van der Waals surface area contributed by atoms with E-state index in [1.807, 2.05) is 19.2 Å². The van der Waals surface area contributed by atoms with Crippen LogP contribution in [0.4, 0.5) is 23.8 Å². The van der Waals surface area contributed by atoms with Crippen molar-refractivity contribution in [3.05, 3.63) is 23.9 Å². The zero-order valence-corrected chi connectivity index (χ0v) is 19.4. The summed E-state index contributed by atoms with van der Waals surface area (Å²) in [6.45, 7) is 9.29. The molecule has 2 aromatic rings. The zero-order chi connectivity index (χ0) is 24.6. The van der Waals surface area contributed by atoms with Crippen LogP contribution in [-0.2, 0) is 9.53 Å². The molecule has 0 unspecified atom stereocenters. The minimum Gasteiger partial charge on any atom is -0.444 e. The van der Waals surface area contributed by atoms with Crippen molar-refractivity contribution in [2.75, 3.05) is 5.32 Å². The summed E-state index contributed by atoms with van der Waals surface area (Å²) < 4.78 is 45.4. The second-order valence-electron chi connectivity index (χ2n) is 9.67. The summed E-state index contributed by atoms with van der Waals surface area (Å²) in [5.41, 5.74) is 0.575. The number of alkyl carbamates (subject to hydrolysis) is 1. The van der Waals surface area contributed by atoms with Gasteiger partial charge in [-0.05, 0) is 46.5 Å². The zero-order valence-electron chi connectivity index (χ0n) is 19.4. The molecule has 2 N–H and O–H groups in total. The molecule has 1 fully saturated rings. The number of halogens is 3. The standard InChI is InChI=1S/C22H30F3N5O3/c1-12(2)18-27-11-16-17(29-19(31)22(23,24)25)26-10-15(30(16)18)13-6-8-14(9-7-13)28-20(32)33-21(3,4)5/h10-14H,6-9H2,1-5H3,(H,28,32)(H,26,29,31). The Morgan fingerprint density at radius 3 is 2.27 bits per heavy atom. The second kappa shape index (κ2) is 9.18. The highest BCUT2D eigenvalue weighted by atomic mass is 19.4. The predicted octanol–water partition coefficient (Wildman–Crippen LogP) is 4.90. The summed E-state index contributed by atoms with van der Waals surface area (Å²) in [5, 5.41) is 4.76. The molecular formula is C22H30F3N5O3. The quantitative estimate of drug-likeness (QED) is 0.664. The molecule has 1 saturated carbocycles. The van der Waals surface area contributed by atoms with E-state index >= 15 is 0 Å². The molecule has 0 aliphatic heterocycles. The van der Waals surface area contributed by atoms with Crippen LogP contribution in [-0.4, -0.2) is 44.2 Å². The maximum Gasteiger partial charge on any atom is 0.471 e. The highest BCUT2D eigenvalue weighted by molar-refractivity contribution is 5.97. The molecule has 182 valence electrons. The van der Waals surface area contributed by atoms with Crippen LogP contribution in [0.5, 0.6) is 0 Å². The topological polar surface area (TPSA) is 97.6 Å². The fourth-order valence-corrected chi connectivity index (χ4v) is 4.04. The maximum absolute atomic E-state index is 12.8. The fraction of sp³-hybridized carbons (Fsp3) is 0.636. The molecule has 0 radical (unpaired) electrons. The fourth-order valence-electron chi connectivity index (χ4n) is 4.04. The van der Waals surface area contributed by atoms with E-state index in [9.17, 15) is 22.8 Å². The van der Waals surface area contributed by atoms with E-state index in [0.717, 1.165) is 31.4 Å². The van der Waals surface area contributed by atoms with Gasteiger partial charge in [0.1, 0.15) is 16.9 Å². The number of anilines is 1. The number of nitrogens with one attached hydrogen (secondary N) is 2. The van der Waals surface area contributed by atoms with Gasteiger partial charge in [0.25, 0.3) is 0 Å². The van der Waals surface area contributed by atoms with Gasteiger partial charge in [-0.1, -0.05) is 13.8 Å². The molecule has 0 spiro atoms. The van der Waals surface area contributed by atoms with Crippen LogP contribution in [0.2, 0.25) is 0 Å². The lowest BCUT2D eigenvalue weighted by Gasteiger charge is -2.31. The van der Waals surface area contributed by atoms with Crippen molar-refractivity contribution >= 4 is 23.3 Å². The molecule has 0 aromatic carbocycles. The van der Waals surface area contributed by atoms with Gasteiger partial charge in [0.15, 0.2) is 5.82 Å². The summed E-state index contributed by atoms with van der Waals surface area (Å²) in [5.74, 6) is -1.49. The number of aromatic nitrogens is 3. The number of alkyl halides is 3. The van der Waals surface area contributed by atoms with E-state index in [0.29, 0.717) is 11.3 Å². The lowest BCUT2D eigenvalue weighted by Crippen LogP contribution is -2.40. The number of fused-ring (bicyclic) bond motifs is 1. The molecule has 1 aliphatic rings. The summed E-state index contributed by atoms with van der Waals surface area (Å²) in [6.07, 6.45) is 0.441. The molecule has 2 aromatic heterocycles. The van der Waals surface area contributed by atoms with E-state index < -0.39 is 23.8 Å². The third-order valence-corrected chi connectivity index (χ3v) is 5.49. The lowest BCUT2D eigenvalue weighted by molar-refractivity contribution is -0.167. The van der Waals surface area contributed by atoms with Crippen LogP contribution < -0.4 is 10.6 Å². The molecule has 8 nitrogen and oxygen atoms in total. The van der Waals surface area contributed by atoms with Crippen LogP contribution in [0.15, 0.2) is 12.4 Å². The first-order valence-electron chi connectivity index (χ1n) is 11.0. The first kappa shape index (κ1) is 24.8. The van der Waals surface area contributed by atoms with Crippen molar-refractivity contribution < 1.29 is 27.5 Å². The minimum atomic E-state index is -5.02. The van der Waals surface area contributed by atoms with Gasteiger partial charge in [-0.15, -0.1) is 0 Å². The summed E-state index contributed by atoms with van der Waals surface area (Å²) >= 11 is 0. The van der Waals surface area contributed by atoms with Gasteiger partial charge in [0.05, 0.1) is 6.20 Å². The van der Waals surface area contributed by atoms with E-state index in [1.54, 1.807) is 25.2 Å². The molecule has 2 heterocycles. The van der Waals surface area contributed by atoms with Crippen LogP contribution in [0, 0.1) is 0 Å². The molecule has 11 heteroatoms.